The van der Waals surface area contributed by atoms with E-state index in [1.54, 1.807) is 0 Å². The number of hydrogen-bond donors (Lipinski definition) is 1. The maximum Gasteiger partial charge on any atom is 0.130 e. The van der Waals surface area contributed by atoms with Crippen molar-refractivity contribution in [1.82, 2.24) is 19.7 Å². The van der Waals surface area contributed by atoms with E-state index in [4.69, 9.17) is 0 Å². The molecule has 2 aromatic carbocycles. The lowest BCUT2D eigenvalue weighted by molar-refractivity contribution is 0.768. The molecule has 140 valence electrons. The van der Waals surface area contributed by atoms with Gasteiger partial charge in [0.15, 0.2) is 0 Å². The molecular formula is C23H23N5. The van der Waals surface area contributed by atoms with Crippen molar-refractivity contribution in [2.75, 3.05) is 5.32 Å². The fraction of sp³-hybridized carbons (Fsp3) is 0.174. The number of hydrogen-bond acceptors (Lipinski definition) is 4. The maximum atomic E-state index is 4.58. The van der Waals surface area contributed by atoms with E-state index < -0.39 is 0 Å². The van der Waals surface area contributed by atoms with E-state index in [0.717, 1.165) is 34.0 Å². The van der Waals surface area contributed by atoms with Crippen LogP contribution in [0.15, 0.2) is 73.1 Å². The van der Waals surface area contributed by atoms with E-state index >= 15 is 0 Å². The topological polar surface area (TPSA) is 55.6 Å². The summed E-state index contributed by atoms with van der Waals surface area (Å²) in [7, 11) is 1.93. The summed E-state index contributed by atoms with van der Waals surface area (Å²) in [6.07, 6.45) is 3.91. The summed E-state index contributed by atoms with van der Waals surface area (Å²) in [5.41, 5.74) is 5.47. The van der Waals surface area contributed by atoms with Gasteiger partial charge in [-0.05, 0) is 31.0 Å². The van der Waals surface area contributed by atoms with Gasteiger partial charge in [-0.3, -0.25) is 4.68 Å². The molecule has 1 atom stereocenters. The molecule has 0 saturated carbocycles. The Bertz CT molecular complexity index is 1090. The Labute approximate surface area is 165 Å². The molecule has 0 radical (unpaired) electrons. The third-order valence-electron chi connectivity index (χ3n) is 4.70. The summed E-state index contributed by atoms with van der Waals surface area (Å²) in [6.45, 7) is 4.06. The summed E-state index contributed by atoms with van der Waals surface area (Å²) in [5.74, 6) is 1.57. The van der Waals surface area contributed by atoms with Gasteiger partial charge >= 0.3 is 0 Å². The van der Waals surface area contributed by atoms with Crippen molar-refractivity contribution in [3.05, 3.63) is 84.4 Å². The third-order valence-corrected chi connectivity index (χ3v) is 4.70. The van der Waals surface area contributed by atoms with Crippen LogP contribution in [0.1, 0.15) is 24.4 Å². The van der Waals surface area contributed by atoms with Crippen LogP contribution in [0.25, 0.3) is 22.4 Å². The van der Waals surface area contributed by atoms with Crippen LogP contribution in [-0.4, -0.2) is 19.7 Å². The number of rotatable bonds is 5. The highest BCUT2D eigenvalue weighted by molar-refractivity contribution is 5.64. The number of aromatic nitrogens is 4. The molecule has 0 aliphatic rings. The molecular weight excluding hydrogens is 346 g/mol. The number of nitrogens with zero attached hydrogens (tertiary/aromatic N) is 4. The van der Waals surface area contributed by atoms with Crippen LogP contribution in [0, 0.1) is 6.92 Å². The zero-order valence-electron chi connectivity index (χ0n) is 16.3. The lowest BCUT2D eigenvalue weighted by atomic mass is 10.0. The summed E-state index contributed by atoms with van der Waals surface area (Å²) in [4.78, 5) is 9.15. The van der Waals surface area contributed by atoms with Crippen molar-refractivity contribution in [2.24, 2.45) is 7.05 Å². The van der Waals surface area contributed by atoms with Crippen LogP contribution in [0.3, 0.4) is 0 Å². The molecule has 1 N–H and O–H groups in total. The Morgan fingerprint density at radius 3 is 2.43 bits per heavy atom. The van der Waals surface area contributed by atoms with Gasteiger partial charge in [0.05, 0.1) is 11.9 Å². The van der Waals surface area contributed by atoms with Gasteiger partial charge in [-0.15, -0.1) is 0 Å². The minimum absolute atomic E-state index is 0.106. The first-order valence-electron chi connectivity index (χ1n) is 9.35. The summed E-state index contributed by atoms with van der Waals surface area (Å²) in [6, 6.07) is 20.8. The van der Waals surface area contributed by atoms with Crippen molar-refractivity contribution in [3.63, 3.8) is 0 Å². The van der Waals surface area contributed by atoms with E-state index in [1.807, 2.05) is 55.3 Å². The van der Waals surface area contributed by atoms with Gasteiger partial charge < -0.3 is 5.32 Å². The Morgan fingerprint density at radius 2 is 1.68 bits per heavy atom. The minimum Gasteiger partial charge on any atom is -0.363 e. The second-order valence-corrected chi connectivity index (χ2v) is 6.95. The quantitative estimate of drug-likeness (QED) is 0.536. The molecule has 0 aliphatic carbocycles. The van der Waals surface area contributed by atoms with E-state index in [-0.39, 0.29) is 6.04 Å². The number of aryl methyl sites for hydroxylation is 2. The van der Waals surface area contributed by atoms with Crippen LogP contribution in [0.4, 0.5) is 5.82 Å². The van der Waals surface area contributed by atoms with Crippen molar-refractivity contribution in [1.29, 1.82) is 0 Å². The van der Waals surface area contributed by atoms with Crippen molar-refractivity contribution < 1.29 is 0 Å². The van der Waals surface area contributed by atoms with E-state index in [0.29, 0.717) is 0 Å². The number of benzene rings is 2. The van der Waals surface area contributed by atoms with Crippen LogP contribution < -0.4 is 5.32 Å². The number of nitrogens with one attached hydrogen (secondary N) is 1. The molecule has 0 spiro atoms. The predicted molar refractivity (Wildman–Crippen MR) is 113 cm³/mol. The molecule has 0 aliphatic heterocycles. The van der Waals surface area contributed by atoms with Crippen molar-refractivity contribution in [3.8, 4) is 22.4 Å². The predicted octanol–water partition coefficient (Wildman–Crippen LogP) is 5.03. The van der Waals surface area contributed by atoms with Gasteiger partial charge in [0, 0.05) is 36.5 Å². The Morgan fingerprint density at radius 1 is 0.893 bits per heavy atom. The fourth-order valence-electron chi connectivity index (χ4n) is 3.26. The van der Waals surface area contributed by atoms with Gasteiger partial charge in [0.2, 0.25) is 0 Å². The molecule has 0 fully saturated rings. The molecule has 2 heterocycles. The molecule has 0 saturated heterocycles. The van der Waals surface area contributed by atoms with Crippen LogP contribution in [0.5, 0.6) is 0 Å². The summed E-state index contributed by atoms with van der Waals surface area (Å²) in [5, 5.41) is 7.79. The van der Waals surface area contributed by atoms with Crippen molar-refractivity contribution >= 4 is 5.82 Å². The van der Waals surface area contributed by atoms with Gasteiger partial charge in [-0.2, -0.15) is 5.10 Å². The highest BCUT2D eigenvalue weighted by Gasteiger charge is 2.11. The van der Waals surface area contributed by atoms with Gasteiger partial charge in [-0.25, -0.2) is 9.97 Å². The van der Waals surface area contributed by atoms with Crippen LogP contribution in [0.2, 0.25) is 0 Å². The largest absolute Gasteiger partial charge is 0.363 e. The van der Waals surface area contributed by atoms with E-state index in [2.05, 4.69) is 63.7 Å². The fourth-order valence-corrected chi connectivity index (χ4v) is 3.26. The second kappa shape index (κ2) is 7.64. The zero-order valence-corrected chi connectivity index (χ0v) is 16.3. The molecule has 4 aromatic rings. The van der Waals surface area contributed by atoms with Gasteiger partial charge in [0.1, 0.15) is 11.6 Å². The normalized spacial score (nSPS) is 12.0. The minimum atomic E-state index is 0.106. The molecule has 28 heavy (non-hydrogen) atoms. The monoisotopic (exact) mass is 369 g/mol. The molecule has 0 bridgehead atoms. The van der Waals surface area contributed by atoms with Gasteiger partial charge in [0.25, 0.3) is 0 Å². The Kier molecular flexibility index (Phi) is 4.89. The average molecular weight is 369 g/mol. The first-order valence-corrected chi connectivity index (χ1v) is 9.35. The number of anilines is 1. The van der Waals surface area contributed by atoms with Gasteiger partial charge in [-0.1, -0.05) is 48.5 Å². The molecule has 5 heteroatoms. The average Bonchev–Trinajstić information content (AvgIpc) is 3.15. The summed E-state index contributed by atoms with van der Waals surface area (Å²) >= 11 is 0. The smallest absolute Gasteiger partial charge is 0.130 e. The van der Waals surface area contributed by atoms with E-state index in [1.165, 1.54) is 5.56 Å². The van der Waals surface area contributed by atoms with E-state index in [9.17, 15) is 0 Å². The summed E-state index contributed by atoms with van der Waals surface area (Å²) < 4.78 is 1.82. The van der Waals surface area contributed by atoms with Crippen molar-refractivity contribution in [2.45, 2.75) is 19.9 Å². The lowest BCUT2D eigenvalue weighted by Gasteiger charge is -2.17. The zero-order chi connectivity index (χ0) is 19.5. The highest BCUT2D eigenvalue weighted by atomic mass is 15.2. The highest BCUT2D eigenvalue weighted by Crippen LogP contribution is 2.26. The third kappa shape index (κ3) is 3.93. The molecule has 1 unspecified atom stereocenters. The lowest BCUT2D eigenvalue weighted by Crippen LogP contribution is -2.09. The standard InChI is InChI=1S/C23H23N5/c1-16(19-10-7-11-20(12-19)21-14-24-28(3)15-21)25-23-13-22(26-17(2)27-23)18-8-5-4-6-9-18/h4-16H,1-3H3,(H,25,26,27). The first-order chi connectivity index (χ1) is 13.6. The Balaban J connectivity index is 1.59. The molecule has 4 rings (SSSR count). The second-order valence-electron chi connectivity index (χ2n) is 6.95. The Hall–Kier alpha value is -3.47. The molecule has 0 amide bonds. The SMILES string of the molecule is Cc1nc(NC(C)c2cccc(-c3cnn(C)c3)c2)cc(-c2ccccc2)n1. The van der Waals surface area contributed by atoms with Crippen LogP contribution >= 0.6 is 0 Å². The maximum absolute atomic E-state index is 4.58. The molecule has 5 nitrogen and oxygen atoms in total. The van der Waals surface area contributed by atoms with Crippen LogP contribution in [-0.2, 0) is 7.05 Å². The first kappa shape index (κ1) is 17.9. The molecule has 2 aromatic heterocycles.